The van der Waals surface area contributed by atoms with Crippen LogP contribution in [0.2, 0.25) is 0 Å². The van der Waals surface area contributed by atoms with Crippen LogP contribution in [0.25, 0.3) is 0 Å². The Morgan fingerprint density at radius 2 is 1.74 bits per heavy atom. The van der Waals surface area contributed by atoms with Crippen molar-refractivity contribution in [1.82, 2.24) is 14.8 Å². The first-order chi connectivity index (χ1) is 9.33. The maximum Gasteiger partial charge on any atom is 0.143 e. The van der Waals surface area contributed by atoms with E-state index in [1.54, 1.807) is 7.11 Å². The highest BCUT2D eigenvalue weighted by molar-refractivity contribution is 9.08. The number of aryl methyl sites for hydroxylation is 1. The zero-order valence-corrected chi connectivity index (χ0v) is 13.8. The van der Waals surface area contributed by atoms with Gasteiger partial charge >= 0.3 is 0 Å². The first kappa shape index (κ1) is 16.6. The lowest BCUT2D eigenvalue weighted by Crippen LogP contribution is -2.11. The van der Waals surface area contributed by atoms with E-state index in [0.29, 0.717) is 6.61 Å². The summed E-state index contributed by atoms with van der Waals surface area (Å²) in [5.41, 5.74) is 0. The second kappa shape index (κ2) is 10.4. The molecule has 0 unspecified atom stereocenters. The van der Waals surface area contributed by atoms with Crippen molar-refractivity contribution in [1.29, 1.82) is 0 Å². The molecular weight excluding hydrogens is 306 g/mol. The molecule has 0 atom stereocenters. The normalized spacial score (nSPS) is 11.1. The Morgan fingerprint density at radius 1 is 1.05 bits per heavy atom. The minimum absolute atomic E-state index is 0.710. The lowest BCUT2D eigenvalue weighted by atomic mass is 10.1. The average Bonchev–Trinajstić information content (AvgIpc) is 2.82. The van der Waals surface area contributed by atoms with Gasteiger partial charge in [0, 0.05) is 20.1 Å². The maximum atomic E-state index is 5.15. The van der Waals surface area contributed by atoms with Crippen molar-refractivity contribution in [3.63, 3.8) is 0 Å². The van der Waals surface area contributed by atoms with E-state index in [1.165, 1.54) is 38.5 Å². The molecule has 0 fully saturated rings. The van der Waals surface area contributed by atoms with Gasteiger partial charge in [-0.25, -0.2) is 0 Å². The molecular formula is C14H26BrN3O. The third kappa shape index (κ3) is 6.04. The molecule has 1 aromatic rings. The van der Waals surface area contributed by atoms with Crippen LogP contribution in [0.15, 0.2) is 0 Å². The van der Waals surface area contributed by atoms with Crippen LogP contribution >= 0.6 is 15.9 Å². The summed E-state index contributed by atoms with van der Waals surface area (Å²) in [7, 11) is 1.73. The van der Waals surface area contributed by atoms with Crippen molar-refractivity contribution >= 4 is 15.9 Å². The van der Waals surface area contributed by atoms with Gasteiger partial charge in [-0.2, -0.15) is 0 Å². The Kier molecular flexibility index (Phi) is 9.08. The summed E-state index contributed by atoms with van der Waals surface area (Å²) in [6.45, 7) is 3.80. The molecule has 1 rings (SSSR count). The number of nitrogens with zero attached hydrogens (tertiary/aromatic N) is 3. The number of hydrogen-bond donors (Lipinski definition) is 0. The SMILES string of the molecule is CCCCCCCCc1nnc(CBr)n1CCOC. The smallest absolute Gasteiger partial charge is 0.143 e. The van der Waals surface area contributed by atoms with Gasteiger partial charge in [-0.3, -0.25) is 0 Å². The van der Waals surface area contributed by atoms with Crippen molar-refractivity contribution in [2.24, 2.45) is 0 Å². The topological polar surface area (TPSA) is 39.9 Å². The fourth-order valence-electron chi connectivity index (χ4n) is 2.16. The second-order valence-corrected chi connectivity index (χ2v) is 5.39. The molecule has 4 nitrogen and oxygen atoms in total. The molecule has 19 heavy (non-hydrogen) atoms. The zero-order valence-electron chi connectivity index (χ0n) is 12.2. The third-order valence-corrected chi connectivity index (χ3v) is 3.80. The van der Waals surface area contributed by atoms with Gasteiger partial charge in [0.05, 0.1) is 11.9 Å². The van der Waals surface area contributed by atoms with Crippen molar-refractivity contribution in [2.75, 3.05) is 13.7 Å². The number of unbranched alkanes of at least 4 members (excludes halogenated alkanes) is 5. The molecule has 1 aromatic heterocycles. The Balaban J connectivity index is 2.37. The van der Waals surface area contributed by atoms with Gasteiger partial charge in [0.15, 0.2) is 0 Å². The van der Waals surface area contributed by atoms with Crippen LogP contribution < -0.4 is 0 Å². The van der Waals surface area contributed by atoms with E-state index in [1.807, 2.05) is 0 Å². The molecule has 0 bridgehead atoms. The predicted octanol–water partition coefficient (Wildman–Crippen LogP) is 3.72. The molecule has 0 saturated carbocycles. The summed E-state index contributed by atoms with van der Waals surface area (Å²) in [6, 6.07) is 0. The highest BCUT2D eigenvalue weighted by Crippen LogP contribution is 2.11. The molecule has 110 valence electrons. The second-order valence-electron chi connectivity index (χ2n) is 4.83. The number of hydrogen-bond acceptors (Lipinski definition) is 3. The predicted molar refractivity (Wildman–Crippen MR) is 81.6 cm³/mol. The third-order valence-electron chi connectivity index (χ3n) is 3.30. The van der Waals surface area contributed by atoms with Crippen molar-refractivity contribution in [3.8, 4) is 0 Å². The first-order valence-electron chi connectivity index (χ1n) is 7.29. The van der Waals surface area contributed by atoms with Gasteiger partial charge in [-0.1, -0.05) is 55.0 Å². The maximum absolute atomic E-state index is 5.15. The highest BCUT2D eigenvalue weighted by atomic mass is 79.9. The molecule has 1 heterocycles. The van der Waals surface area contributed by atoms with Crippen molar-refractivity contribution in [3.05, 3.63) is 11.6 Å². The number of ether oxygens (including phenoxy) is 1. The van der Waals surface area contributed by atoms with Crippen LogP contribution in [0.3, 0.4) is 0 Å². The van der Waals surface area contributed by atoms with Crippen LogP contribution in [-0.2, 0) is 23.0 Å². The molecule has 0 aliphatic heterocycles. The van der Waals surface area contributed by atoms with Gasteiger partial charge in [0.2, 0.25) is 0 Å². The minimum Gasteiger partial charge on any atom is -0.383 e. The number of rotatable bonds is 11. The summed E-state index contributed by atoms with van der Waals surface area (Å²) in [6.07, 6.45) is 8.89. The quantitative estimate of drug-likeness (QED) is 0.458. The van der Waals surface area contributed by atoms with Crippen molar-refractivity contribution in [2.45, 2.75) is 63.7 Å². The molecule has 0 radical (unpaired) electrons. The lowest BCUT2D eigenvalue weighted by molar-refractivity contribution is 0.185. The molecule has 5 heteroatoms. The molecule has 0 saturated heterocycles. The average molecular weight is 332 g/mol. The number of aromatic nitrogens is 3. The van der Waals surface area contributed by atoms with Crippen molar-refractivity contribution < 1.29 is 4.74 Å². The summed E-state index contributed by atoms with van der Waals surface area (Å²) in [4.78, 5) is 0. The van der Waals surface area contributed by atoms with Gasteiger partial charge in [0.1, 0.15) is 11.6 Å². The standard InChI is InChI=1S/C14H26BrN3O/c1-3-4-5-6-7-8-9-13-16-17-14(12-15)18(13)10-11-19-2/h3-12H2,1-2H3. The van der Waals surface area contributed by atoms with Gasteiger partial charge in [-0.05, 0) is 6.42 Å². The van der Waals surface area contributed by atoms with Crippen LogP contribution in [0.1, 0.15) is 57.1 Å². The molecule has 0 spiro atoms. The Hall–Kier alpha value is -0.420. The Labute approximate surface area is 125 Å². The van der Waals surface area contributed by atoms with E-state index >= 15 is 0 Å². The molecule has 0 N–H and O–H groups in total. The molecule has 0 aromatic carbocycles. The Morgan fingerprint density at radius 3 is 2.42 bits per heavy atom. The van der Waals surface area contributed by atoms with E-state index in [0.717, 1.165) is 29.9 Å². The fraction of sp³-hybridized carbons (Fsp3) is 0.857. The van der Waals surface area contributed by atoms with Crippen LogP contribution in [-0.4, -0.2) is 28.5 Å². The lowest BCUT2D eigenvalue weighted by Gasteiger charge is -2.08. The summed E-state index contributed by atoms with van der Waals surface area (Å²) < 4.78 is 7.33. The summed E-state index contributed by atoms with van der Waals surface area (Å²) in [5.74, 6) is 2.10. The van der Waals surface area contributed by atoms with Gasteiger partial charge < -0.3 is 9.30 Å². The van der Waals surface area contributed by atoms with E-state index < -0.39 is 0 Å². The van der Waals surface area contributed by atoms with E-state index in [4.69, 9.17) is 4.74 Å². The molecule has 0 amide bonds. The van der Waals surface area contributed by atoms with E-state index in [9.17, 15) is 0 Å². The fourth-order valence-corrected chi connectivity index (χ4v) is 2.58. The van der Waals surface area contributed by atoms with Gasteiger partial charge in [0.25, 0.3) is 0 Å². The number of methoxy groups -OCH3 is 1. The van der Waals surface area contributed by atoms with E-state index in [2.05, 4.69) is 37.6 Å². The van der Waals surface area contributed by atoms with Crippen LogP contribution in [0, 0.1) is 0 Å². The van der Waals surface area contributed by atoms with Crippen LogP contribution in [0.4, 0.5) is 0 Å². The minimum atomic E-state index is 0.710. The summed E-state index contributed by atoms with van der Waals surface area (Å²) in [5, 5.41) is 9.28. The van der Waals surface area contributed by atoms with Gasteiger partial charge in [-0.15, -0.1) is 10.2 Å². The first-order valence-corrected chi connectivity index (χ1v) is 8.41. The molecule has 0 aliphatic carbocycles. The largest absolute Gasteiger partial charge is 0.383 e. The zero-order chi connectivity index (χ0) is 13.9. The monoisotopic (exact) mass is 331 g/mol. The molecule has 0 aliphatic rings. The number of alkyl halides is 1. The van der Waals surface area contributed by atoms with Crippen LogP contribution in [0.5, 0.6) is 0 Å². The Bertz CT molecular complexity index is 341. The van der Waals surface area contributed by atoms with E-state index in [-0.39, 0.29) is 0 Å². The summed E-state index contributed by atoms with van der Waals surface area (Å²) >= 11 is 3.46. The number of halogens is 1. The highest BCUT2D eigenvalue weighted by Gasteiger charge is 2.10.